The van der Waals surface area contributed by atoms with Gasteiger partial charge in [0.2, 0.25) is 17.7 Å². The van der Waals surface area contributed by atoms with Crippen LogP contribution in [0.1, 0.15) is 71.2 Å². The van der Waals surface area contributed by atoms with Gasteiger partial charge in [-0.2, -0.15) is 0 Å². The summed E-state index contributed by atoms with van der Waals surface area (Å²) < 4.78 is 27.2. The van der Waals surface area contributed by atoms with Gasteiger partial charge >= 0.3 is 0 Å². The number of alkyl halides is 2. The maximum absolute atomic E-state index is 13.6. The number of rotatable bonds is 2. The Morgan fingerprint density at radius 2 is 1.81 bits per heavy atom. The van der Waals surface area contributed by atoms with Gasteiger partial charge in [0.15, 0.2) is 0 Å². The molecule has 0 bridgehead atoms. The molecule has 170 valence electrons. The summed E-state index contributed by atoms with van der Waals surface area (Å²) in [4.78, 5) is 52.7. The molecule has 32 heavy (non-hydrogen) atoms. The van der Waals surface area contributed by atoms with Crippen molar-refractivity contribution >= 4 is 23.6 Å². The minimum Gasteiger partial charge on any atom is -0.338 e. The highest BCUT2D eigenvalue weighted by atomic mass is 19.3. The van der Waals surface area contributed by atoms with Crippen molar-refractivity contribution in [2.24, 2.45) is 5.41 Å². The molecule has 1 unspecified atom stereocenters. The van der Waals surface area contributed by atoms with Gasteiger partial charge in [-0.1, -0.05) is 0 Å². The van der Waals surface area contributed by atoms with Gasteiger partial charge in [-0.3, -0.25) is 24.5 Å². The van der Waals surface area contributed by atoms with Crippen LogP contribution in [0.25, 0.3) is 0 Å². The van der Waals surface area contributed by atoms with E-state index in [4.69, 9.17) is 0 Å². The fourth-order valence-corrected chi connectivity index (χ4v) is 5.55. The SMILES string of the molecule is O=C1CCC(N2Cc3cc(C(=O)N4CCC5(CCC(F)(F)CC5)C4)ccc3C2=O)C(=O)N1. The van der Waals surface area contributed by atoms with Gasteiger partial charge in [-0.05, 0) is 54.9 Å². The van der Waals surface area contributed by atoms with E-state index >= 15 is 0 Å². The van der Waals surface area contributed by atoms with Gasteiger partial charge in [0, 0.05) is 50.0 Å². The fourth-order valence-electron chi connectivity index (χ4n) is 5.55. The number of fused-ring (bicyclic) bond motifs is 1. The largest absolute Gasteiger partial charge is 0.338 e. The third kappa shape index (κ3) is 3.57. The van der Waals surface area contributed by atoms with Crippen LogP contribution in [0.2, 0.25) is 0 Å². The van der Waals surface area contributed by atoms with Crippen LogP contribution in [0.15, 0.2) is 18.2 Å². The summed E-state index contributed by atoms with van der Waals surface area (Å²) in [6, 6.07) is 4.23. The zero-order valence-corrected chi connectivity index (χ0v) is 17.7. The Morgan fingerprint density at radius 3 is 2.53 bits per heavy atom. The van der Waals surface area contributed by atoms with Crippen molar-refractivity contribution in [3.63, 3.8) is 0 Å². The molecule has 5 rings (SSSR count). The zero-order valence-electron chi connectivity index (χ0n) is 17.7. The average molecular weight is 445 g/mol. The molecule has 1 N–H and O–H groups in total. The Labute approximate surface area is 184 Å². The third-order valence-corrected chi connectivity index (χ3v) is 7.54. The number of carbonyl (C=O) groups excluding carboxylic acids is 4. The van der Waals surface area contributed by atoms with E-state index in [9.17, 15) is 28.0 Å². The molecular formula is C23H25F2N3O4. The van der Waals surface area contributed by atoms with E-state index in [1.165, 1.54) is 4.90 Å². The molecule has 3 heterocycles. The lowest BCUT2D eigenvalue weighted by molar-refractivity contribution is -0.136. The topological polar surface area (TPSA) is 86.8 Å². The summed E-state index contributed by atoms with van der Waals surface area (Å²) in [5, 5.41) is 2.27. The van der Waals surface area contributed by atoms with Crippen molar-refractivity contribution in [1.82, 2.24) is 15.1 Å². The molecule has 0 aromatic heterocycles. The lowest BCUT2D eigenvalue weighted by Gasteiger charge is -2.37. The molecule has 1 aromatic rings. The van der Waals surface area contributed by atoms with Crippen molar-refractivity contribution in [3.05, 3.63) is 34.9 Å². The number of hydrogen-bond acceptors (Lipinski definition) is 4. The van der Waals surface area contributed by atoms with E-state index in [0.29, 0.717) is 42.6 Å². The van der Waals surface area contributed by atoms with Crippen LogP contribution in [0.5, 0.6) is 0 Å². The quantitative estimate of drug-likeness (QED) is 0.709. The summed E-state index contributed by atoms with van der Waals surface area (Å²) in [6.07, 6.45) is 1.83. The Balaban J connectivity index is 1.29. The first kappa shape index (κ1) is 21.0. The minimum absolute atomic E-state index is 0.119. The normalized spacial score (nSPS) is 26.4. The lowest BCUT2D eigenvalue weighted by Crippen LogP contribution is -2.52. The van der Waals surface area contributed by atoms with Gasteiger partial charge in [0.05, 0.1) is 0 Å². The van der Waals surface area contributed by atoms with E-state index in [1.54, 1.807) is 23.1 Å². The summed E-state index contributed by atoms with van der Waals surface area (Å²) >= 11 is 0. The van der Waals surface area contributed by atoms with Crippen LogP contribution in [0, 0.1) is 5.41 Å². The van der Waals surface area contributed by atoms with Crippen LogP contribution in [0.3, 0.4) is 0 Å². The van der Waals surface area contributed by atoms with E-state index in [-0.39, 0.29) is 55.4 Å². The lowest BCUT2D eigenvalue weighted by atomic mass is 9.72. The van der Waals surface area contributed by atoms with Crippen molar-refractivity contribution in [3.8, 4) is 0 Å². The van der Waals surface area contributed by atoms with Crippen molar-refractivity contribution in [2.75, 3.05) is 13.1 Å². The Bertz CT molecular complexity index is 1010. The maximum atomic E-state index is 13.6. The first-order valence-corrected chi connectivity index (χ1v) is 11.1. The highest BCUT2D eigenvalue weighted by molar-refractivity contribution is 6.06. The molecule has 4 aliphatic rings. The molecule has 1 aliphatic carbocycles. The van der Waals surface area contributed by atoms with Crippen molar-refractivity contribution in [2.45, 2.75) is 63.5 Å². The van der Waals surface area contributed by atoms with Gasteiger partial charge in [-0.15, -0.1) is 0 Å². The highest BCUT2D eigenvalue weighted by Gasteiger charge is 2.47. The Kier molecular flexibility index (Phi) is 4.83. The molecule has 1 saturated carbocycles. The number of carbonyl (C=O) groups is 4. The summed E-state index contributed by atoms with van der Waals surface area (Å²) in [6.45, 7) is 1.24. The van der Waals surface area contributed by atoms with Crippen molar-refractivity contribution < 1.29 is 28.0 Å². The van der Waals surface area contributed by atoms with Crippen LogP contribution in [-0.2, 0) is 16.1 Å². The van der Waals surface area contributed by atoms with Crippen LogP contribution < -0.4 is 5.32 Å². The Morgan fingerprint density at radius 1 is 1.06 bits per heavy atom. The maximum Gasteiger partial charge on any atom is 0.255 e. The first-order valence-electron chi connectivity index (χ1n) is 11.1. The number of amides is 4. The van der Waals surface area contributed by atoms with Gasteiger partial charge in [0.25, 0.3) is 11.8 Å². The molecule has 3 fully saturated rings. The second kappa shape index (κ2) is 7.35. The van der Waals surface area contributed by atoms with Crippen LogP contribution in [0.4, 0.5) is 8.78 Å². The molecule has 1 atom stereocenters. The predicted molar refractivity (Wildman–Crippen MR) is 109 cm³/mol. The minimum atomic E-state index is -2.59. The molecule has 2 saturated heterocycles. The number of piperidine rings is 1. The standard InChI is InChI=1S/C23H25F2N3O4/c24-23(25)7-5-22(6-8-23)9-10-27(13-22)20(31)14-1-2-16-15(11-14)12-28(21(16)32)17-3-4-18(29)26-19(17)30/h1-2,11,17H,3-10,12-13H2,(H,26,29,30). The van der Waals surface area contributed by atoms with E-state index < -0.39 is 17.9 Å². The van der Waals surface area contributed by atoms with E-state index in [1.807, 2.05) is 0 Å². The molecule has 3 aliphatic heterocycles. The predicted octanol–water partition coefficient (Wildman–Crippen LogP) is 2.49. The molecule has 4 amide bonds. The second-order valence-electron chi connectivity index (χ2n) is 9.60. The third-order valence-electron chi connectivity index (χ3n) is 7.54. The molecule has 0 radical (unpaired) electrons. The number of nitrogens with zero attached hydrogens (tertiary/aromatic N) is 2. The Hall–Kier alpha value is -2.84. The smallest absolute Gasteiger partial charge is 0.255 e. The van der Waals surface area contributed by atoms with Gasteiger partial charge in [0.1, 0.15) is 6.04 Å². The molecule has 9 heteroatoms. The number of benzene rings is 1. The van der Waals surface area contributed by atoms with Crippen LogP contribution >= 0.6 is 0 Å². The number of nitrogens with one attached hydrogen (secondary N) is 1. The summed E-state index contributed by atoms with van der Waals surface area (Å²) in [7, 11) is 0. The van der Waals surface area contributed by atoms with E-state index in [2.05, 4.69) is 5.32 Å². The van der Waals surface area contributed by atoms with Gasteiger partial charge < -0.3 is 9.80 Å². The molecular weight excluding hydrogens is 420 g/mol. The fraction of sp³-hybridized carbons (Fsp3) is 0.565. The average Bonchev–Trinajstić information content (AvgIpc) is 3.32. The molecule has 7 nitrogen and oxygen atoms in total. The number of halogens is 2. The van der Waals surface area contributed by atoms with Gasteiger partial charge in [-0.25, -0.2) is 8.78 Å². The number of likely N-dealkylation sites (tertiary alicyclic amines) is 1. The first-order chi connectivity index (χ1) is 15.2. The summed E-state index contributed by atoms with van der Waals surface area (Å²) in [5.41, 5.74) is 1.38. The molecule has 1 spiro atoms. The highest BCUT2D eigenvalue weighted by Crippen LogP contribution is 2.48. The molecule has 1 aromatic carbocycles. The van der Waals surface area contributed by atoms with Crippen molar-refractivity contribution in [1.29, 1.82) is 0 Å². The zero-order chi connectivity index (χ0) is 22.7. The van der Waals surface area contributed by atoms with Crippen LogP contribution in [-0.4, -0.2) is 58.5 Å². The number of hydrogen-bond donors (Lipinski definition) is 1. The van der Waals surface area contributed by atoms with E-state index in [0.717, 1.165) is 6.42 Å². The number of imide groups is 1. The summed E-state index contributed by atoms with van der Waals surface area (Å²) in [5.74, 6) is -3.85. The second-order valence-corrected chi connectivity index (χ2v) is 9.60. The monoisotopic (exact) mass is 445 g/mol.